The summed E-state index contributed by atoms with van der Waals surface area (Å²) in [5.74, 6) is 1.78. The van der Waals surface area contributed by atoms with Gasteiger partial charge in [-0.3, -0.25) is 0 Å². The number of aliphatic hydroxyl groups is 1. The molecule has 160 valence electrons. The van der Waals surface area contributed by atoms with Crippen molar-refractivity contribution in [1.29, 1.82) is 0 Å². The Balaban J connectivity index is 1.55. The summed E-state index contributed by atoms with van der Waals surface area (Å²) in [6.45, 7) is 5.29. The zero-order valence-electron chi connectivity index (χ0n) is 17.6. The number of piperazine rings is 1. The van der Waals surface area contributed by atoms with Gasteiger partial charge in [-0.05, 0) is 41.7 Å². The van der Waals surface area contributed by atoms with E-state index >= 15 is 0 Å². The Morgan fingerprint density at radius 3 is 2.40 bits per heavy atom. The Kier molecular flexibility index (Phi) is 5.68. The maximum Gasteiger partial charge on any atom is 0.230 e. The van der Waals surface area contributed by atoms with E-state index in [2.05, 4.69) is 46.6 Å². The fraction of sp³-hybridized carbons (Fsp3) is 0.520. The van der Waals surface area contributed by atoms with Crippen LogP contribution in [0.4, 0.5) is 0 Å². The summed E-state index contributed by atoms with van der Waals surface area (Å²) in [7, 11) is 0. The molecule has 1 aliphatic carbocycles. The normalized spacial score (nSPS) is 22.0. The lowest BCUT2D eigenvalue weighted by Crippen LogP contribution is -2.49. The lowest BCUT2D eigenvalue weighted by Gasteiger charge is -2.43. The Bertz CT molecular complexity index is 850. The zero-order valence-corrected chi connectivity index (χ0v) is 17.6. The van der Waals surface area contributed by atoms with Crippen LogP contribution in [0.3, 0.4) is 0 Å². The average Bonchev–Trinajstić information content (AvgIpc) is 2.78. The van der Waals surface area contributed by atoms with E-state index in [-0.39, 0.29) is 12.7 Å². The van der Waals surface area contributed by atoms with Gasteiger partial charge < -0.3 is 24.8 Å². The molecule has 1 saturated carbocycles. The number of hydrogen-bond acceptors (Lipinski definition) is 5. The highest BCUT2D eigenvalue weighted by atomic mass is 16.7. The van der Waals surface area contributed by atoms with E-state index in [1.54, 1.807) is 0 Å². The number of ether oxygens (including phenoxy) is 2. The molecule has 2 bridgehead atoms. The van der Waals surface area contributed by atoms with Crippen LogP contribution in [0.5, 0.6) is 11.5 Å². The first-order chi connectivity index (χ1) is 14.7. The Hall–Kier alpha value is -2.08. The predicted molar refractivity (Wildman–Crippen MR) is 118 cm³/mol. The van der Waals surface area contributed by atoms with Gasteiger partial charge in [0, 0.05) is 44.7 Å². The quantitative estimate of drug-likeness (QED) is 0.789. The summed E-state index contributed by atoms with van der Waals surface area (Å²) in [6, 6.07) is 14.7. The van der Waals surface area contributed by atoms with Crippen molar-refractivity contribution in [2.24, 2.45) is 0 Å². The largest absolute Gasteiger partial charge is 0.457 e. The Morgan fingerprint density at radius 2 is 1.67 bits per heavy atom. The van der Waals surface area contributed by atoms with Crippen LogP contribution in [-0.4, -0.2) is 55.1 Å². The molecule has 3 aliphatic rings. The maximum absolute atomic E-state index is 11.9. The van der Waals surface area contributed by atoms with Gasteiger partial charge in [0.25, 0.3) is 0 Å². The maximum atomic E-state index is 11.9. The molecule has 1 atom stereocenters. The minimum absolute atomic E-state index is 0.0870. The summed E-state index contributed by atoms with van der Waals surface area (Å²) in [5.41, 5.74) is 2.87. The van der Waals surface area contributed by atoms with Crippen molar-refractivity contribution >= 4 is 0 Å². The first-order valence-electron chi connectivity index (χ1n) is 11.4. The molecule has 2 aromatic rings. The summed E-state index contributed by atoms with van der Waals surface area (Å²) in [6.07, 6.45) is 5.21. The fourth-order valence-electron chi connectivity index (χ4n) is 5.35. The van der Waals surface area contributed by atoms with Gasteiger partial charge in [0.2, 0.25) is 6.79 Å². The molecule has 2 aliphatic heterocycles. The van der Waals surface area contributed by atoms with Crippen LogP contribution in [-0.2, 0) is 0 Å². The molecule has 0 amide bonds. The van der Waals surface area contributed by atoms with Gasteiger partial charge in [-0.15, -0.1) is 0 Å². The van der Waals surface area contributed by atoms with E-state index in [0.717, 1.165) is 75.5 Å². The van der Waals surface area contributed by atoms with Crippen molar-refractivity contribution in [1.82, 2.24) is 10.2 Å². The number of rotatable bonds is 5. The third-order valence-electron chi connectivity index (χ3n) is 7.00. The molecule has 0 radical (unpaired) electrons. The lowest BCUT2D eigenvalue weighted by molar-refractivity contribution is -0.0315. The minimum Gasteiger partial charge on any atom is -0.457 e. The molecule has 2 N–H and O–H groups in total. The van der Waals surface area contributed by atoms with Crippen molar-refractivity contribution in [2.45, 2.75) is 43.6 Å². The monoisotopic (exact) mass is 408 g/mol. The van der Waals surface area contributed by atoms with Crippen molar-refractivity contribution in [3.63, 3.8) is 0 Å². The molecule has 1 unspecified atom stereocenters. The van der Waals surface area contributed by atoms with Gasteiger partial charge in [0.05, 0.1) is 5.60 Å². The van der Waals surface area contributed by atoms with E-state index in [1.165, 1.54) is 17.5 Å². The van der Waals surface area contributed by atoms with Gasteiger partial charge in [-0.2, -0.15) is 0 Å². The molecule has 5 heteroatoms. The molecule has 2 heterocycles. The fourth-order valence-corrected chi connectivity index (χ4v) is 5.35. The molecule has 1 saturated heterocycles. The second-order valence-corrected chi connectivity index (χ2v) is 8.95. The number of nitrogens with zero attached hydrogens (tertiary/aromatic N) is 1. The van der Waals surface area contributed by atoms with Crippen molar-refractivity contribution in [2.75, 3.05) is 39.5 Å². The van der Waals surface area contributed by atoms with Crippen molar-refractivity contribution in [3.8, 4) is 22.6 Å². The average molecular weight is 409 g/mol. The minimum atomic E-state index is -0.649. The first-order valence-corrected chi connectivity index (χ1v) is 11.4. The zero-order chi connectivity index (χ0) is 20.4. The molecule has 30 heavy (non-hydrogen) atoms. The number of fused-ring (bicyclic) bond motifs is 2. The topological polar surface area (TPSA) is 54.0 Å². The highest BCUT2D eigenvalue weighted by Gasteiger charge is 2.40. The third-order valence-corrected chi connectivity index (χ3v) is 7.00. The van der Waals surface area contributed by atoms with Crippen molar-refractivity contribution < 1.29 is 14.6 Å². The van der Waals surface area contributed by atoms with Crippen LogP contribution in [0.25, 0.3) is 11.1 Å². The summed E-state index contributed by atoms with van der Waals surface area (Å²) in [4.78, 5) is 2.52. The highest BCUT2D eigenvalue weighted by Crippen LogP contribution is 2.44. The van der Waals surface area contributed by atoms with Gasteiger partial charge in [0.1, 0.15) is 11.5 Å². The van der Waals surface area contributed by atoms with Gasteiger partial charge >= 0.3 is 0 Å². The smallest absolute Gasteiger partial charge is 0.230 e. The highest BCUT2D eigenvalue weighted by molar-refractivity contribution is 5.71. The van der Waals surface area contributed by atoms with Gasteiger partial charge in [0.15, 0.2) is 0 Å². The summed E-state index contributed by atoms with van der Waals surface area (Å²) >= 11 is 0. The number of nitrogens with one attached hydrogen (secondary N) is 1. The van der Waals surface area contributed by atoms with E-state index in [1.807, 2.05) is 6.07 Å². The molecule has 5 nitrogen and oxygen atoms in total. The third kappa shape index (κ3) is 4.07. The van der Waals surface area contributed by atoms with Crippen LogP contribution in [0.1, 0.15) is 43.6 Å². The van der Waals surface area contributed by atoms with E-state index in [4.69, 9.17) is 9.47 Å². The van der Waals surface area contributed by atoms with E-state index in [9.17, 15) is 5.11 Å². The molecular formula is C25H32N2O3. The predicted octanol–water partition coefficient (Wildman–Crippen LogP) is 3.77. The van der Waals surface area contributed by atoms with Crippen molar-refractivity contribution in [3.05, 3.63) is 48.0 Å². The second-order valence-electron chi connectivity index (χ2n) is 8.95. The van der Waals surface area contributed by atoms with Crippen LogP contribution in [0, 0.1) is 0 Å². The van der Waals surface area contributed by atoms with Crippen LogP contribution < -0.4 is 14.8 Å². The van der Waals surface area contributed by atoms with E-state index < -0.39 is 5.60 Å². The first kappa shape index (κ1) is 19.9. The molecular weight excluding hydrogens is 376 g/mol. The SMILES string of the molecule is OC1(C(CN2CCNCC2)c2ccccc2-c2cc3cc(c2)OCO3)CCCCC1. The molecule has 5 rings (SSSR count). The lowest BCUT2D eigenvalue weighted by atomic mass is 9.71. The molecule has 0 spiro atoms. The van der Waals surface area contributed by atoms with Crippen LogP contribution >= 0.6 is 0 Å². The standard InChI is InChI=1S/C25H32N2O3/c28-25(8-4-1-5-9-25)24(17-27-12-10-26-11-13-27)23-7-3-2-6-22(23)19-14-20-16-21(15-19)30-18-29-20/h2-3,6-7,14-16,24,26,28H,1,4-5,8-13,17-18H2. The number of hydrogen-bond donors (Lipinski definition) is 2. The van der Waals surface area contributed by atoms with Gasteiger partial charge in [-0.25, -0.2) is 0 Å². The summed E-state index contributed by atoms with van der Waals surface area (Å²) < 4.78 is 11.2. The Labute approximate surface area is 179 Å². The van der Waals surface area contributed by atoms with Crippen LogP contribution in [0.15, 0.2) is 42.5 Å². The van der Waals surface area contributed by atoms with E-state index in [0.29, 0.717) is 0 Å². The van der Waals surface area contributed by atoms with Crippen LogP contribution in [0.2, 0.25) is 0 Å². The summed E-state index contributed by atoms with van der Waals surface area (Å²) in [5, 5.41) is 15.3. The van der Waals surface area contributed by atoms with Gasteiger partial charge in [-0.1, -0.05) is 43.5 Å². The molecule has 2 aromatic carbocycles. The second kappa shape index (κ2) is 8.58. The Morgan fingerprint density at radius 1 is 0.967 bits per heavy atom. The number of benzene rings is 2. The molecule has 0 aromatic heterocycles. The molecule has 2 fully saturated rings.